The van der Waals surface area contributed by atoms with Gasteiger partial charge in [-0.3, -0.25) is 4.98 Å². The van der Waals surface area contributed by atoms with Crippen molar-refractivity contribution in [2.45, 2.75) is 12.5 Å². The summed E-state index contributed by atoms with van der Waals surface area (Å²) in [5.41, 5.74) is 2.79. The van der Waals surface area contributed by atoms with Crippen LogP contribution < -0.4 is 0 Å². The van der Waals surface area contributed by atoms with Crippen molar-refractivity contribution in [3.8, 4) is 11.3 Å². The Bertz CT molecular complexity index is 668. The number of aliphatic hydroxyl groups excluding tert-OH is 1. The Morgan fingerprint density at radius 2 is 1.80 bits per heavy atom. The number of rotatable bonds is 4. The topological polar surface area (TPSA) is 72.0 Å². The lowest BCUT2D eigenvalue weighted by Gasteiger charge is -2.08. The van der Waals surface area contributed by atoms with Crippen molar-refractivity contribution in [3.63, 3.8) is 0 Å². The lowest BCUT2D eigenvalue weighted by molar-refractivity contribution is 0.170. The second-order valence-electron chi connectivity index (χ2n) is 4.40. The summed E-state index contributed by atoms with van der Waals surface area (Å²) in [5, 5.41) is 18.0. The van der Waals surface area contributed by atoms with Crippen LogP contribution in [-0.2, 0) is 6.42 Å². The molecule has 20 heavy (non-hydrogen) atoms. The molecule has 0 saturated heterocycles. The molecule has 1 atom stereocenters. The molecule has 0 radical (unpaired) electrons. The van der Waals surface area contributed by atoms with Gasteiger partial charge in [-0.2, -0.15) is 0 Å². The van der Waals surface area contributed by atoms with Gasteiger partial charge in [0.1, 0.15) is 17.5 Å². The third-order valence-corrected chi connectivity index (χ3v) is 3.02. The Hall–Kier alpha value is -2.53. The molecule has 0 spiro atoms. The van der Waals surface area contributed by atoms with Crippen molar-refractivity contribution >= 4 is 0 Å². The van der Waals surface area contributed by atoms with Crippen LogP contribution in [0.1, 0.15) is 17.5 Å². The predicted molar refractivity (Wildman–Crippen MR) is 72.6 cm³/mol. The van der Waals surface area contributed by atoms with Gasteiger partial charge < -0.3 is 5.11 Å². The summed E-state index contributed by atoms with van der Waals surface area (Å²) in [5.74, 6) is 0. The van der Waals surface area contributed by atoms with Crippen molar-refractivity contribution in [2.75, 3.05) is 0 Å². The number of hydrogen-bond acceptors (Lipinski definition) is 5. The first-order valence-electron chi connectivity index (χ1n) is 6.30. The van der Waals surface area contributed by atoms with Gasteiger partial charge in [-0.1, -0.05) is 41.6 Å². The van der Waals surface area contributed by atoms with E-state index in [1.165, 1.54) is 0 Å². The van der Waals surface area contributed by atoms with E-state index in [4.69, 9.17) is 4.63 Å². The van der Waals surface area contributed by atoms with E-state index in [1.807, 2.05) is 42.5 Å². The van der Waals surface area contributed by atoms with Gasteiger partial charge in [0.2, 0.25) is 0 Å². The second-order valence-corrected chi connectivity index (χ2v) is 4.40. The Kier molecular flexibility index (Phi) is 3.52. The van der Waals surface area contributed by atoms with Gasteiger partial charge in [0.25, 0.3) is 0 Å². The van der Waals surface area contributed by atoms with Crippen LogP contribution in [0.2, 0.25) is 0 Å². The zero-order chi connectivity index (χ0) is 13.8. The highest BCUT2D eigenvalue weighted by atomic mass is 16.6. The highest BCUT2D eigenvalue weighted by Crippen LogP contribution is 2.24. The molecule has 5 heteroatoms. The average molecular weight is 267 g/mol. The highest BCUT2D eigenvalue weighted by molar-refractivity contribution is 5.60. The molecule has 1 unspecified atom stereocenters. The van der Waals surface area contributed by atoms with Crippen LogP contribution in [0.15, 0.2) is 59.4 Å². The maximum atomic E-state index is 10.2. The van der Waals surface area contributed by atoms with E-state index < -0.39 is 6.10 Å². The van der Waals surface area contributed by atoms with Gasteiger partial charge in [-0.25, -0.2) is 4.63 Å². The van der Waals surface area contributed by atoms with Crippen LogP contribution in [-0.4, -0.2) is 20.4 Å². The maximum absolute atomic E-state index is 10.2. The van der Waals surface area contributed by atoms with E-state index in [-0.39, 0.29) is 0 Å². The van der Waals surface area contributed by atoms with Crippen LogP contribution in [0.5, 0.6) is 0 Å². The van der Waals surface area contributed by atoms with Crippen LogP contribution in [0.3, 0.4) is 0 Å². The van der Waals surface area contributed by atoms with Crippen molar-refractivity contribution in [1.82, 2.24) is 15.3 Å². The van der Waals surface area contributed by atoms with Gasteiger partial charge in [0.15, 0.2) is 0 Å². The molecule has 5 nitrogen and oxygen atoms in total. The summed E-state index contributed by atoms with van der Waals surface area (Å²) in [4.78, 5) is 4.13. The van der Waals surface area contributed by atoms with Crippen molar-refractivity contribution in [1.29, 1.82) is 0 Å². The van der Waals surface area contributed by atoms with Crippen LogP contribution >= 0.6 is 0 Å². The molecule has 0 aliphatic rings. The lowest BCUT2D eigenvalue weighted by atomic mass is 10.0. The SMILES string of the molecule is OC(Cc1nonc1-c1ccccc1)c1ccccn1. The molecule has 1 aromatic carbocycles. The molecule has 2 aromatic heterocycles. The first-order valence-corrected chi connectivity index (χ1v) is 6.30. The number of hydrogen-bond donors (Lipinski definition) is 1. The van der Waals surface area contributed by atoms with Crippen molar-refractivity contribution < 1.29 is 9.74 Å². The third-order valence-electron chi connectivity index (χ3n) is 3.02. The zero-order valence-electron chi connectivity index (χ0n) is 10.7. The van der Waals surface area contributed by atoms with E-state index in [9.17, 15) is 5.11 Å². The molecule has 0 aliphatic heterocycles. The van der Waals surface area contributed by atoms with Gasteiger partial charge in [-0.05, 0) is 17.3 Å². The third kappa shape index (κ3) is 2.57. The van der Waals surface area contributed by atoms with E-state index in [1.54, 1.807) is 12.3 Å². The monoisotopic (exact) mass is 267 g/mol. The van der Waals surface area contributed by atoms with E-state index in [0.717, 1.165) is 5.56 Å². The fourth-order valence-corrected chi connectivity index (χ4v) is 2.02. The van der Waals surface area contributed by atoms with Crippen molar-refractivity contribution in [2.24, 2.45) is 0 Å². The molecule has 3 rings (SSSR count). The summed E-state index contributed by atoms with van der Waals surface area (Å²) >= 11 is 0. The summed E-state index contributed by atoms with van der Waals surface area (Å²) < 4.78 is 4.81. The first kappa shape index (κ1) is 12.5. The van der Waals surface area contributed by atoms with E-state index in [2.05, 4.69) is 15.3 Å². The summed E-state index contributed by atoms with van der Waals surface area (Å²) in [6, 6.07) is 15.0. The number of nitrogens with zero attached hydrogens (tertiary/aromatic N) is 3. The summed E-state index contributed by atoms with van der Waals surface area (Å²) in [6.45, 7) is 0. The highest BCUT2D eigenvalue weighted by Gasteiger charge is 2.17. The van der Waals surface area contributed by atoms with Crippen LogP contribution in [0.25, 0.3) is 11.3 Å². The minimum atomic E-state index is -0.731. The molecular weight excluding hydrogens is 254 g/mol. The Balaban J connectivity index is 1.84. The molecule has 2 heterocycles. The number of pyridine rings is 1. The summed E-state index contributed by atoms with van der Waals surface area (Å²) in [6.07, 6.45) is 1.23. The first-order chi connectivity index (χ1) is 9.84. The number of benzene rings is 1. The largest absolute Gasteiger partial charge is 0.386 e. The fourth-order valence-electron chi connectivity index (χ4n) is 2.02. The van der Waals surface area contributed by atoms with Gasteiger partial charge >= 0.3 is 0 Å². The number of aliphatic hydroxyl groups is 1. The standard InChI is InChI=1S/C15H13N3O2/c19-14(12-8-4-5-9-16-12)10-13-15(18-20-17-13)11-6-2-1-3-7-11/h1-9,14,19H,10H2. The number of aromatic nitrogens is 3. The summed E-state index contributed by atoms with van der Waals surface area (Å²) in [7, 11) is 0. The van der Waals surface area contributed by atoms with Crippen molar-refractivity contribution in [3.05, 3.63) is 66.1 Å². The molecule has 1 N–H and O–H groups in total. The average Bonchev–Trinajstić information content (AvgIpc) is 2.97. The fraction of sp³-hybridized carbons (Fsp3) is 0.133. The molecule has 100 valence electrons. The Morgan fingerprint density at radius 1 is 1.00 bits per heavy atom. The quantitative estimate of drug-likeness (QED) is 0.785. The normalized spacial score (nSPS) is 12.2. The van der Waals surface area contributed by atoms with E-state index >= 15 is 0 Å². The minimum absolute atomic E-state index is 0.310. The molecule has 0 saturated carbocycles. The Morgan fingerprint density at radius 3 is 2.55 bits per heavy atom. The van der Waals surface area contributed by atoms with Crippen LogP contribution in [0, 0.1) is 0 Å². The Labute approximate surface area is 115 Å². The molecule has 0 fully saturated rings. The minimum Gasteiger partial charge on any atom is -0.386 e. The van der Waals surface area contributed by atoms with Gasteiger partial charge in [-0.15, -0.1) is 0 Å². The zero-order valence-corrected chi connectivity index (χ0v) is 10.7. The van der Waals surface area contributed by atoms with Gasteiger partial charge in [0.05, 0.1) is 5.69 Å². The molecule has 0 bridgehead atoms. The molecule has 0 amide bonds. The molecular formula is C15H13N3O2. The molecule has 0 aliphatic carbocycles. The van der Waals surface area contributed by atoms with E-state index in [0.29, 0.717) is 23.5 Å². The lowest BCUT2D eigenvalue weighted by Crippen LogP contribution is -2.05. The predicted octanol–water partition coefficient (Wildman–Crippen LogP) is 2.41. The second kappa shape index (κ2) is 5.63. The maximum Gasteiger partial charge on any atom is 0.138 e. The van der Waals surface area contributed by atoms with Crippen LogP contribution in [0.4, 0.5) is 0 Å². The van der Waals surface area contributed by atoms with Gasteiger partial charge in [0, 0.05) is 18.2 Å². The molecule has 3 aromatic rings. The smallest absolute Gasteiger partial charge is 0.138 e.